The Morgan fingerprint density at radius 1 is 0.630 bits per heavy atom. The van der Waals surface area contributed by atoms with E-state index in [1.165, 1.54) is 0 Å². The number of hydrogen-bond donors (Lipinski definition) is 0. The molecule has 1 aromatic heterocycles. The third-order valence-corrected chi connectivity index (χ3v) is 4.30. The van der Waals surface area contributed by atoms with Crippen molar-refractivity contribution >= 4 is 22.8 Å². The molecule has 0 aliphatic rings. The van der Waals surface area contributed by atoms with E-state index in [9.17, 15) is 0 Å². The minimum absolute atomic E-state index is 0. The predicted octanol–water partition coefficient (Wildman–Crippen LogP) is 5.98. The summed E-state index contributed by atoms with van der Waals surface area (Å²) < 4.78 is 0. The molecule has 3 nitrogen and oxygen atoms in total. The average Bonchev–Trinajstić information content (AvgIpc) is 2.65. The smallest absolute Gasteiger partial charge is 0.0849 e. The van der Waals surface area contributed by atoms with Gasteiger partial charge in [-0.3, -0.25) is 9.98 Å². The van der Waals surface area contributed by atoms with Crippen molar-refractivity contribution in [2.75, 3.05) is 0 Å². The molecule has 0 amide bonds. The molecule has 0 aliphatic heterocycles. The van der Waals surface area contributed by atoms with Gasteiger partial charge in [-0.05, 0) is 63.1 Å². The molecule has 0 unspecified atom stereocenters. The molecule has 4 heteroatoms. The Kier molecular flexibility index (Phi) is 7.23. The first-order valence-corrected chi connectivity index (χ1v) is 8.74. The summed E-state index contributed by atoms with van der Waals surface area (Å²) in [6, 6.07) is 22.2. The van der Waals surface area contributed by atoms with E-state index in [-0.39, 0.29) is 17.1 Å². The fraction of sp³-hybridized carbons (Fsp3) is 0.174. The van der Waals surface area contributed by atoms with Crippen molar-refractivity contribution in [2.24, 2.45) is 9.98 Å². The number of pyridine rings is 1. The van der Waals surface area contributed by atoms with Crippen LogP contribution in [0.4, 0.5) is 11.4 Å². The first kappa shape index (κ1) is 20.8. The topological polar surface area (TPSA) is 37.6 Å². The van der Waals surface area contributed by atoms with Crippen LogP contribution in [-0.2, 0) is 17.1 Å². The molecule has 0 spiro atoms. The molecule has 0 fully saturated rings. The standard InChI is InChI=1S/C23H23N3.Fe/c1-16-10-5-7-12-20(16)24-18(3)22-14-9-15-23(26-22)19(4)25-21-13-8-6-11-17(21)2;/h5-15H,1-4H3;. The molecule has 3 aromatic rings. The Labute approximate surface area is 171 Å². The van der Waals surface area contributed by atoms with Crippen LogP contribution in [0.2, 0.25) is 0 Å². The van der Waals surface area contributed by atoms with E-state index < -0.39 is 0 Å². The van der Waals surface area contributed by atoms with Gasteiger partial charge < -0.3 is 0 Å². The molecule has 27 heavy (non-hydrogen) atoms. The van der Waals surface area contributed by atoms with Crippen molar-refractivity contribution < 1.29 is 17.1 Å². The largest absolute Gasteiger partial charge is 0.251 e. The van der Waals surface area contributed by atoms with Gasteiger partial charge in [0.1, 0.15) is 0 Å². The number of aromatic nitrogens is 1. The van der Waals surface area contributed by atoms with Crippen molar-refractivity contribution in [3.63, 3.8) is 0 Å². The van der Waals surface area contributed by atoms with Crippen LogP contribution in [0.1, 0.15) is 36.4 Å². The third kappa shape index (κ3) is 5.22. The van der Waals surface area contributed by atoms with Crippen LogP contribution >= 0.6 is 0 Å². The van der Waals surface area contributed by atoms with E-state index in [4.69, 9.17) is 15.0 Å². The number of para-hydroxylation sites is 2. The second-order valence-corrected chi connectivity index (χ2v) is 6.38. The van der Waals surface area contributed by atoms with E-state index in [1.807, 2.05) is 68.4 Å². The van der Waals surface area contributed by atoms with Crippen LogP contribution in [-0.4, -0.2) is 16.4 Å². The molecule has 1 heterocycles. The van der Waals surface area contributed by atoms with Gasteiger partial charge in [0.15, 0.2) is 0 Å². The van der Waals surface area contributed by atoms with E-state index in [0.29, 0.717) is 0 Å². The van der Waals surface area contributed by atoms with Crippen LogP contribution < -0.4 is 0 Å². The second-order valence-electron chi connectivity index (χ2n) is 6.38. The van der Waals surface area contributed by atoms with Gasteiger partial charge in [0.2, 0.25) is 0 Å². The summed E-state index contributed by atoms with van der Waals surface area (Å²) in [6.45, 7) is 8.11. The van der Waals surface area contributed by atoms with Crippen LogP contribution in [0.15, 0.2) is 76.7 Å². The molecule has 3 rings (SSSR count). The first-order valence-electron chi connectivity index (χ1n) is 8.74. The predicted molar refractivity (Wildman–Crippen MR) is 110 cm³/mol. The third-order valence-electron chi connectivity index (χ3n) is 4.30. The molecule has 0 saturated carbocycles. The normalized spacial score (nSPS) is 11.9. The van der Waals surface area contributed by atoms with Crippen LogP contribution in [0, 0.1) is 13.8 Å². The summed E-state index contributed by atoms with van der Waals surface area (Å²) >= 11 is 0. The number of benzene rings is 2. The number of rotatable bonds is 4. The number of hydrogen-bond acceptors (Lipinski definition) is 3. The molecule has 0 radical (unpaired) electrons. The van der Waals surface area contributed by atoms with Crippen LogP contribution in [0.3, 0.4) is 0 Å². The zero-order chi connectivity index (χ0) is 18.5. The Bertz CT molecular complexity index is 913. The van der Waals surface area contributed by atoms with E-state index >= 15 is 0 Å². The van der Waals surface area contributed by atoms with Gasteiger partial charge in [0, 0.05) is 17.1 Å². The van der Waals surface area contributed by atoms with E-state index in [0.717, 1.165) is 45.3 Å². The summed E-state index contributed by atoms with van der Waals surface area (Å²) in [5, 5.41) is 0. The molecular weight excluding hydrogens is 374 g/mol. The molecule has 0 N–H and O–H groups in total. The van der Waals surface area contributed by atoms with Crippen LogP contribution in [0.5, 0.6) is 0 Å². The Morgan fingerprint density at radius 2 is 1.04 bits per heavy atom. The fourth-order valence-electron chi connectivity index (χ4n) is 2.69. The van der Waals surface area contributed by atoms with Crippen molar-refractivity contribution in [1.82, 2.24) is 4.98 Å². The summed E-state index contributed by atoms with van der Waals surface area (Å²) in [6.07, 6.45) is 0. The minimum atomic E-state index is 0. The van der Waals surface area contributed by atoms with Crippen molar-refractivity contribution in [3.8, 4) is 0 Å². The molecule has 138 valence electrons. The quantitative estimate of drug-likeness (QED) is 0.394. The fourth-order valence-corrected chi connectivity index (χ4v) is 2.69. The number of nitrogens with zero attached hydrogens (tertiary/aromatic N) is 3. The van der Waals surface area contributed by atoms with E-state index in [2.05, 4.69) is 26.0 Å². The summed E-state index contributed by atoms with van der Waals surface area (Å²) in [4.78, 5) is 14.2. The number of aliphatic imine (C=N–C) groups is 2. The zero-order valence-electron chi connectivity index (χ0n) is 16.0. The Morgan fingerprint density at radius 3 is 1.44 bits per heavy atom. The molecule has 0 bridgehead atoms. The van der Waals surface area contributed by atoms with Crippen molar-refractivity contribution in [2.45, 2.75) is 27.7 Å². The molecule has 0 aliphatic carbocycles. The average molecular weight is 397 g/mol. The maximum Gasteiger partial charge on any atom is 0.0849 e. The SMILES string of the molecule is CC(=Nc1ccccc1C)c1cccc(C(C)=Nc2ccccc2C)n1.[Fe]. The van der Waals surface area contributed by atoms with Gasteiger partial charge in [-0.1, -0.05) is 42.5 Å². The number of aryl methyl sites for hydroxylation is 2. The maximum absolute atomic E-state index is 4.76. The minimum Gasteiger partial charge on any atom is -0.251 e. The summed E-state index contributed by atoms with van der Waals surface area (Å²) in [5.74, 6) is 0. The maximum atomic E-state index is 4.76. The summed E-state index contributed by atoms with van der Waals surface area (Å²) in [7, 11) is 0. The molecule has 2 aromatic carbocycles. The first-order chi connectivity index (χ1) is 12.5. The summed E-state index contributed by atoms with van der Waals surface area (Å²) in [5.41, 5.74) is 7.77. The Balaban J connectivity index is 0.00000261. The van der Waals surface area contributed by atoms with Gasteiger partial charge in [-0.15, -0.1) is 0 Å². The van der Waals surface area contributed by atoms with Gasteiger partial charge in [-0.25, -0.2) is 4.98 Å². The van der Waals surface area contributed by atoms with Gasteiger partial charge in [0.05, 0.1) is 34.2 Å². The molecule has 0 saturated heterocycles. The van der Waals surface area contributed by atoms with Crippen molar-refractivity contribution in [1.29, 1.82) is 0 Å². The van der Waals surface area contributed by atoms with E-state index in [1.54, 1.807) is 0 Å². The van der Waals surface area contributed by atoms with Crippen LogP contribution in [0.25, 0.3) is 0 Å². The van der Waals surface area contributed by atoms with Gasteiger partial charge in [0.25, 0.3) is 0 Å². The Hall–Kier alpha value is -2.55. The second kappa shape index (κ2) is 9.40. The monoisotopic (exact) mass is 397 g/mol. The van der Waals surface area contributed by atoms with Crippen molar-refractivity contribution in [3.05, 3.63) is 89.2 Å². The molecule has 0 atom stereocenters. The molecular formula is C23H23FeN3. The van der Waals surface area contributed by atoms with Gasteiger partial charge in [-0.2, -0.15) is 0 Å². The zero-order valence-corrected chi connectivity index (χ0v) is 17.2. The van der Waals surface area contributed by atoms with Gasteiger partial charge >= 0.3 is 0 Å².